The molecule has 5 rings (SSSR count). The smallest absolute Gasteiger partial charge is 0.285 e. The molecule has 1 aliphatic heterocycles. The molecule has 3 aromatic heterocycles. The quantitative estimate of drug-likeness (QED) is 0.285. The van der Waals surface area contributed by atoms with Crippen molar-refractivity contribution in [2.24, 2.45) is 5.92 Å². The van der Waals surface area contributed by atoms with Gasteiger partial charge < -0.3 is 15.6 Å². The summed E-state index contributed by atoms with van der Waals surface area (Å²) >= 11 is 0. The van der Waals surface area contributed by atoms with Gasteiger partial charge in [0.25, 0.3) is 11.8 Å². The summed E-state index contributed by atoms with van der Waals surface area (Å²) in [6.07, 6.45) is 2.26. The number of carbonyl (C=O) groups excluding carboxylic acids is 3. The fourth-order valence-electron chi connectivity index (χ4n) is 4.18. The number of nitrogens with zero attached hydrogens (tertiary/aromatic N) is 5. The number of hydroxylamine groups is 2. The molecule has 36 heavy (non-hydrogen) atoms. The second-order valence-electron chi connectivity index (χ2n) is 8.77. The van der Waals surface area contributed by atoms with Crippen LogP contribution in [0.5, 0.6) is 0 Å². The molecule has 1 aliphatic rings. The first-order valence-corrected chi connectivity index (χ1v) is 11.6. The second kappa shape index (κ2) is 9.34. The van der Waals surface area contributed by atoms with E-state index in [1.807, 2.05) is 24.5 Å². The molecule has 0 spiro atoms. The van der Waals surface area contributed by atoms with Gasteiger partial charge in [0.1, 0.15) is 29.0 Å². The van der Waals surface area contributed by atoms with Gasteiger partial charge in [0.2, 0.25) is 5.91 Å². The summed E-state index contributed by atoms with van der Waals surface area (Å²) in [7, 11) is 0. The molecule has 0 unspecified atom stereocenters. The fraction of sp³-hybridized carbons (Fsp3) is 0.280. The standard InChI is InChI=1S/C25H25N7O4/c1-14(2)23(33)28-11-6-12-31-18(13-36-32-24(34)15-7-3-4-8-16(15)25(32)35)30-20-21(31)19-17(29-22(20)26)9-5-10-27-19/h3-5,7-10,14H,6,11-13H2,1-2H3,(H2,26,29)(H,28,33). The van der Waals surface area contributed by atoms with Crippen LogP contribution in [0.25, 0.3) is 22.1 Å². The number of benzene rings is 1. The van der Waals surface area contributed by atoms with Gasteiger partial charge >= 0.3 is 0 Å². The van der Waals surface area contributed by atoms with Crippen LogP contribution in [0.3, 0.4) is 0 Å². The van der Waals surface area contributed by atoms with E-state index in [0.29, 0.717) is 58.5 Å². The van der Waals surface area contributed by atoms with E-state index in [9.17, 15) is 14.4 Å². The number of imide groups is 1. The molecular formula is C25H25N7O4. The Morgan fingerprint density at radius 2 is 1.78 bits per heavy atom. The summed E-state index contributed by atoms with van der Waals surface area (Å²) in [5, 5.41) is 3.66. The third kappa shape index (κ3) is 4.03. The number of amides is 3. The molecule has 0 atom stereocenters. The summed E-state index contributed by atoms with van der Waals surface area (Å²) in [6.45, 7) is 4.43. The Balaban J connectivity index is 1.46. The Bertz CT molecular complexity index is 1480. The third-order valence-electron chi connectivity index (χ3n) is 6.00. The van der Waals surface area contributed by atoms with Crippen molar-refractivity contribution < 1.29 is 19.2 Å². The normalized spacial score (nSPS) is 13.2. The predicted molar refractivity (Wildman–Crippen MR) is 131 cm³/mol. The zero-order chi connectivity index (χ0) is 25.4. The molecule has 184 valence electrons. The molecule has 11 nitrogen and oxygen atoms in total. The Labute approximate surface area is 206 Å². The number of hydrogen-bond donors (Lipinski definition) is 2. The highest BCUT2D eigenvalue weighted by Crippen LogP contribution is 2.29. The van der Waals surface area contributed by atoms with E-state index >= 15 is 0 Å². The second-order valence-corrected chi connectivity index (χ2v) is 8.77. The number of pyridine rings is 2. The van der Waals surface area contributed by atoms with Gasteiger partial charge in [-0.1, -0.05) is 26.0 Å². The SMILES string of the molecule is CC(C)C(=O)NCCCn1c(CON2C(=O)c3ccccc3C2=O)nc2c(N)nc3cccnc3c21. The van der Waals surface area contributed by atoms with Crippen LogP contribution >= 0.6 is 0 Å². The number of aromatic nitrogens is 4. The van der Waals surface area contributed by atoms with Gasteiger partial charge in [-0.05, 0) is 30.7 Å². The number of nitrogens with two attached hydrogens (primary N) is 1. The van der Waals surface area contributed by atoms with Crippen molar-refractivity contribution in [3.8, 4) is 0 Å². The van der Waals surface area contributed by atoms with Crippen molar-refractivity contribution in [1.82, 2.24) is 29.9 Å². The van der Waals surface area contributed by atoms with Crippen molar-refractivity contribution in [3.05, 3.63) is 59.5 Å². The number of anilines is 1. The van der Waals surface area contributed by atoms with E-state index in [1.165, 1.54) is 0 Å². The number of fused-ring (bicyclic) bond motifs is 4. The maximum atomic E-state index is 12.7. The van der Waals surface area contributed by atoms with Gasteiger partial charge in [-0.2, -0.15) is 0 Å². The maximum absolute atomic E-state index is 12.7. The summed E-state index contributed by atoms with van der Waals surface area (Å²) < 4.78 is 1.89. The molecule has 0 fully saturated rings. The minimum absolute atomic E-state index is 0.0276. The lowest BCUT2D eigenvalue weighted by Gasteiger charge is -2.15. The zero-order valence-corrected chi connectivity index (χ0v) is 19.9. The van der Waals surface area contributed by atoms with Crippen LogP contribution in [0.15, 0.2) is 42.6 Å². The molecule has 0 aliphatic carbocycles. The summed E-state index contributed by atoms with van der Waals surface area (Å²) in [5.74, 6) is -0.504. The molecule has 3 N–H and O–H groups in total. The van der Waals surface area contributed by atoms with E-state index < -0.39 is 11.8 Å². The van der Waals surface area contributed by atoms with Gasteiger partial charge in [-0.3, -0.25) is 24.2 Å². The van der Waals surface area contributed by atoms with Gasteiger partial charge in [0, 0.05) is 25.2 Å². The minimum Gasteiger partial charge on any atom is -0.382 e. The van der Waals surface area contributed by atoms with Gasteiger partial charge in [0.05, 0.1) is 16.6 Å². The molecule has 4 aromatic rings. The molecule has 11 heteroatoms. The van der Waals surface area contributed by atoms with Crippen LogP contribution in [-0.2, 0) is 22.8 Å². The van der Waals surface area contributed by atoms with Crippen LogP contribution in [0, 0.1) is 5.92 Å². The van der Waals surface area contributed by atoms with Crippen molar-refractivity contribution in [2.45, 2.75) is 33.4 Å². The lowest BCUT2D eigenvalue weighted by atomic mass is 10.1. The van der Waals surface area contributed by atoms with Crippen molar-refractivity contribution in [3.63, 3.8) is 0 Å². The number of nitrogens with one attached hydrogen (secondary N) is 1. The predicted octanol–water partition coefficient (Wildman–Crippen LogP) is 2.45. The van der Waals surface area contributed by atoms with Crippen molar-refractivity contribution >= 4 is 45.6 Å². The molecule has 0 saturated carbocycles. The third-order valence-corrected chi connectivity index (χ3v) is 6.00. The highest BCUT2D eigenvalue weighted by Gasteiger charge is 2.37. The molecule has 0 bridgehead atoms. The highest BCUT2D eigenvalue weighted by atomic mass is 16.7. The Morgan fingerprint density at radius 1 is 1.06 bits per heavy atom. The number of imidazole rings is 1. The van der Waals surface area contributed by atoms with Crippen LogP contribution in [0.1, 0.15) is 46.8 Å². The molecular weight excluding hydrogens is 462 g/mol. The van der Waals surface area contributed by atoms with Crippen molar-refractivity contribution in [2.75, 3.05) is 12.3 Å². The minimum atomic E-state index is -0.525. The van der Waals surface area contributed by atoms with E-state index in [1.54, 1.807) is 36.5 Å². The van der Waals surface area contributed by atoms with E-state index in [4.69, 9.17) is 10.6 Å². The average Bonchev–Trinajstić information content (AvgIpc) is 3.36. The first-order valence-electron chi connectivity index (χ1n) is 11.6. The number of nitrogen functional groups attached to an aromatic ring is 1. The zero-order valence-electron chi connectivity index (χ0n) is 19.9. The van der Waals surface area contributed by atoms with Gasteiger partial charge in [-0.25, -0.2) is 9.97 Å². The largest absolute Gasteiger partial charge is 0.382 e. The van der Waals surface area contributed by atoms with Crippen LogP contribution in [0.4, 0.5) is 5.82 Å². The molecule has 1 aromatic carbocycles. The highest BCUT2D eigenvalue weighted by molar-refractivity contribution is 6.20. The Hall–Kier alpha value is -4.38. The Morgan fingerprint density at radius 3 is 2.47 bits per heavy atom. The first-order chi connectivity index (χ1) is 17.4. The molecule has 0 radical (unpaired) electrons. The number of aryl methyl sites for hydroxylation is 1. The molecule has 4 heterocycles. The van der Waals surface area contributed by atoms with Crippen LogP contribution < -0.4 is 11.1 Å². The van der Waals surface area contributed by atoms with Gasteiger partial charge in [-0.15, -0.1) is 5.06 Å². The van der Waals surface area contributed by atoms with E-state index in [-0.39, 0.29) is 24.2 Å². The van der Waals surface area contributed by atoms with Crippen LogP contribution in [0.2, 0.25) is 0 Å². The summed E-state index contributed by atoms with van der Waals surface area (Å²) in [4.78, 5) is 56.6. The average molecular weight is 488 g/mol. The van der Waals surface area contributed by atoms with E-state index in [2.05, 4.69) is 20.3 Å². The van der Waals surface area contributed by atoms with E-state index in [0.717, 1.165) is 5.06 Å². The fourth-order valence-corrected chi connectivity index (χ4v) is 4.18. The summed E-state index contributed by atoms with van der Waals surface area (Å²) in [6, 6.07) is 10.1. The number of rotatable bonds is 8. The van der Waals surface area contributed by atoms with Gasteiger partial charge in [0.15, 0.2) is 5.82 Å². The topological polar surface area (TPSA) is 145 Å². The summed E-state index contributed by atoms with van der Waals surface area (Å²) in [5.41, 5.74) is 9.17. The Kier molecular flexibility index (Phi) is 6.06. The first kappa shape index (κ1) is 23.4. The molecule has 0 saturated heterocycles. The monoisotopic (exact) mass is 487 g/mol. The number of carbonyl (C=O) groups is 3. The lowest BCUT2D eigenvalue weighted by molar-refractivity contribution is -0.123. The van der Waals surface area contributed by atoms with Crippen LogP contribution in [-0.4, -0.2) is 48.8 Å². The maximum Gasteiger partial charge on any atom is 0.285 e. The van der Waals surface area contributed by atoms with Crippen molar-refractivity contribution in [1.29, 1.82) is 0 Å². The number of hydrogen-bond acceptors (Lipinski definition) is 8. The molecule has 3 amide bonds. The lowest BCUT2D eigenvalue weighted by Crippen LogP contribution is -2.30.